The van der Waals surface area contributed by atoms with E-state index >= 15 is 0 Å². The van der Waals surface area contributed by atoms with Gasteiger partial charge in [0.25, 0.3) is 0 Å². The molecule has 1 atom stereocenters. The summed E-state index contributed by atoms with van der Waals surface area (Å²) in [5.41, 5.74) is 0.942. The average molecular weight is 329 g/mol. The van der Waals surface area contributed by atoms with E-state index in [4.69, 9.17) is 0 Å². The van der Waals surface area contributed by atoms with Crippen LogP contribution in [0.25, 0.3) is 0 Å². The topological polar surface area (TPSA) is 54.5 Å². The summed E-state index contributed by atoms with van der Waals surface area (Å²) in [6.07, 6.45) is 1.69. The lowest BCUT2D eigenvalue weighted by atomic mass is 10.0. The number of sulfonamides is 1. The van der Waals surface area contributed by atoms with Crippen LogP contribution >= 0.6 is 0 Å². The number of nitrogens with zero attached hydrogens (tertiary/aromatic N) is 1. The average Bonchev–Trinajstić information content (AvgIpc) is 3.12. The molecule has 0 saturated carbocycles. The minimum Gasteiger partial charge on any atom is -0.292 e. The smallest absolute Gasteiger partial charge is 0.228 e. The lowest BCUT2D eigenvalue weighted by Crippen LogP contribution is -2.36. The van der Waals surface area contributed by atoms with Crippen molar-refractivity contribution in [2.75, 3.05) is 13.1 Å². The van der Waals surface area contributed by atoms with Crippen LogP contribution in [0.1, 0.15) is 34.0 Å². The quantitative estimate of drug-likeness (QED) is 0.792. The standard InChI is InChI=1S/C18H19NO3S/c20-17(15-9-3-1-4-10-15)18(16-11-5-2-6-12-16)23(21,22)19-13-7-8-14-19/h1-6,9-12,18H,7-8,13-14H2/t18-/m1/s1. The van der Waals surface area contributed by atoms with E-state index in [1.54, 1.807) is 48.5 Å². The summed E-state index contributed by atoms with van der Waals surface area (Å²) < 4.78 is 27.6. The van der Waals surface area contributed by atoms with Gasteiger partial charge in [-0.3, -0.25) is 4.79 Å². The Morgan fingerprint density at radius 2 is 1.39 bits per heavy atom. The van der Waals surface area contributed by atoms with E-state index in [1.165, 1.54) is 4.31 Å². The second-order valence-corrected chi connectivity index (χ2v) is 7.69. The largest absolute Gasteiger partial charge is 0.292 e. The monoisotopic (exact) mass is 329 g/mol. The Morgan fingerprint density at radius 3 is 1.96 bits per heavy atom. The van der Waals surface area contributed by atoms with Gasteiger partial charge in [-0.05, 0) is 18.4 Å². The van der Waals surface area contributed by atoms with Gasteiger partial charge < -0.3 is 0 Å². The van der Waals surface area contributed by atoms with Crippen LogP contribution in [0.2, 0.25) is 0 Å². The molecule has 3 rings (SSSR count). The van der Waals surface area contributed by atoms with Crippen LogP contribution < -0.4 is 0 Å². The number of carbonyl (C=O) groups excluding carboxylic acids is 1. The molecule has 0 radical (unpaired) electrons. The van der Waals surface area contributed by atoms with Crippen LogP contribution in [-0.4, -0.2) is 31.6 Å². The molecule has 0 bridgehead atoms. The minimum absolute atomic E-state index is 0.372. The number of hydrogen-bond acceptors (Lipinski definition) is 3. The molecule has 120 valence electrons. The molecule has 0 aromatic heterocycles. The van der Waals surface area contributed by atoms with Crippen molar-refractivity contribution in [1.29, 1.82) is 0 Å². The van der Waals surface area contributed by atoms with Crippen molar-refractivity contribution in [2.45, 2.75) is 18.1 Å². The second kappa shape index (κ2) is 6.64. The van der Waals surface area contributed by atoms with E-state index in [0.29, 0.717) is 24.2 Å². The van der Waals surface area contributed by atoms with Crippen molar-refractivity contribution >= 4 is 15.8 Å². The summed E-state index contributed by atoms with van der Waals surface area (Å²) in [5, 5.41) is -1.18. The van der Waals surface area contributed by atoms with Gasteiger partial charge in [-0.2, -0.15) is 0 Å². The highest BCUT2D eigenvalue weighted by atomic mass is 32.2. The molecule has 0 spiro atoms. The van der Waals surface area contributed by atoms with Crippen LogP contribution in [0.5, 0.6) is 0 Å². The molecule has 1 heterocycles. The first-order chi connectivity index (χ1) is 11.1. The van der Waals surface area contributed by atoms with Crippen molar-refractivity contribution in [3.05, 3.63) is 71.8 Å². The summed E-state index contributed by atoms with van der Waals surface area (Å²) in [6, 6.07) is 17.4. The third-order valence-corrected chi connectivity index (χ3v) is 6.29. The molecule has 0 amide bonds. The molecular weight excluding hydrogens is 310 g/mol. The Morgan fingerprint density at radius 1 is 0.870 bits per heavy atom. The number of carbonyl (C=O) groups is 1. The molecule has 0 aliphatic carbocycles. The number of rotatable bonds is 5. The van der Waals surface area contributed by atoms with Gasteiger partial charge in [0.05, 0.1) is 0 Å². The molecule has 0 unspecified atom stereocenters. The predicted octanol–water partition coefficient (Wildman–Crippen LogP) is 3.04. The highest BCUT2D eigenvalue weighted by Gasteiger charge is 2.39. The summed E-state index contributed by atoms with van der Waals surface area (Å²) in [7, 11) is -3.72. The molecule has 5 heteroatoms. The van der Waals surface area contributed by atoms with Gasteiger partial charge in [-0.1, -0.05) is 60.7 Å². The summed E-state index contributed by atoms with van der Waals surface area (Å²) >= 11 is 0. The van der Waals surface area contributed by atoms with Crippen molar-refractivity contribution in [3.63, 3.8) is 0 Å². The fraction of sp³-hybridized carbons (Fsp3) is 0.278. The molecule has 23 heavy (non-hydrogen) atoms. The van der Waals surface area contributed by atoms with Gasteiger partial charge in [-0.15, -0.1) is 0 Å². The molecule has 1 saturated heterocycles. The van der Waals surface area contributed by atoms with E-state index in [2.05, 4.69) is 0 Å². The fourth-order valence-electron chi connectivity index (χ4n) is 2.93. The first-order valence-corrected chi connectivity index (χ1v) is 9.24. The number of benzene rings is 2. The molecule has 0 N–H and O–H groups in total. The minimum atomic E-state index is -3.72. The lowest BCUT2D eigenvalue weighted by molar-refractivity contribution is 0.0985. The first kappa shape index (κ1) is 15.9. The van der Waals surface area contributed by atoms with Crippen molar-refractivity contribution in [2.24, 2.45) is 0 Å². The second-order valence-electron chi connectivity index (χ2n) is 5.67. The maximum Gasteiger partial charge on any atom is 0.228 e. The Labute approximate surface area is 136 Å². The molecular formula is C18H19NO3S. The van der Waals surface area contributed by atoms with Crippen molar-refractivity contribution in [1.82, 2.24) is 4.31 Å². The zero-order chi connectivity index (χ0) is 16.3. The maximum atomic E-state index is 13.1. The van der Waals surface area contributed by atoms with E-state index in [1.807, 2.05) is 12.1 Å². The summed E-state index contributed by atoms with van der Waals surface area (Å²) in [6.45, 7) is 0.988. The van der Waals surface area contributed by atoms with Crippen LogP contribution in [0, 0.1) is 0 Å². The van der Waals surface area contributed by atoms with Gasteiger partial charge in [0.2, 0.25) is 10.0 Å². The van der Waals surface area contributed by atoms with Gasteiger partial charge >= 0.3 is 0 Å². The van der Waals surface area contributed by atoms with Crippen molar-refractivity contribution in [3.8, 4) is 0 Å². The fourth-order valence-corrected chi connectivity index (χ4v) is 4.90. The Kier molecular flexibility index (Phi) is 4.59. The Balaban J connectivity index is 2.06. The Bertz CT molecular complexity index is 766. The van der Waals surface area contributed by atoms with Crippen LogP contribution in [0.15, 0.2) is 60.7 Å². The number of Topliss-reactive ketones (excluding diaryl/α,β-unsaturated/α-hetero) is 1. The van der Waals surface area contributed by atoms with Gasteiger partial charge in [0.1, 0.15) is 0 Å². The SMILES string of the molecule is O=C(c1ccccc1)[C@@H](c1ccccc1)S(=O)(=O)N1CCCC1. The van der Waals surface area contributed by atoms with Gasteiger partial charge in [-0.25, -0.2) is 12.7 Å². The van der Waals surface area contributed by atoms with Crippen molar-refractivity contribution < 1.29 is 13.2 Å². The zero-order valence-corrected chi connectivity index (χ0v) is 13.6. The lowest BCUT2D eigenvalue weighted by Gasteiger charge is -2.23. The summed E-state index contributed by atoms with van der Waals surface area (Å²) in [4.78, 5) is 12.9. The molecule has 1 fully saturated rings. The number of ketones is 1. The van der Waals surface area contributed by atoms with Gasteiger partial charge in [0, 0.05) is 18.7 Å². The van der Waals surface area contributed by atoms with Crippen LogP contribution in [0.4, 0.5) is 0 Å². The first-order valence-electron chi connectivity index (χ1n) is 7.74. The predicted molar refractivity (Wildman–Crippen MR) is 89.7 cm³/mol. The Hall–Kier alpha value is -1.98. The normalized spacial score (nSPS) is 17.0. The summed E-state index contributed by atoms with van der Waals surface area (Å²) in [5.74, 6) is -0.372. The zero-order valence-electron chi connectivity index (χ0n) is 12.8. The van der Waals surface area contributed by atoms with E-state index in [9.17, 15) is 13.2 Å². The highest BCUT2D eigenvalue weighted by Crippen LogP contribution is 2.31. The molecule has 4 nitrogen and oxygen atoms in total. The molecule has 1 aliphatic rings. The van der Waals surface area contributed by atoms with E-state index < -0.39 is 15.3 Å². The maximum absolute atomic E-state index is 13.1. The van der Waals surface area contributed by atoms with Crippen LogP contribution in [0.3, 0.4) is 0 Å². The molecule has 2 aromatic rings. The van der Waals surface area contributed by atoms with E-state index in [-0.39, 0.29) is 5.78 Å². The van der Waals surface area contributed by atoms with Gasteiger partial charge in [0.15, 0.2) is 11.0 Å². The van der Waals surface area contributed by atoms with E-state index in [0.717, 1.165) is 12.8 Å². The highest BCUT2D eigenvalue weighted by molar-refractivity contribution is 7.90. The third kappa shape index (κ3) is 3.21. The number of hydrogen-bond donors (Lipinski definition) is 0. The van der Waals surface area contributed by atoms with Crippen LogP contribution in [-0.2, 0) is 10.0 Å². The molecule has 1 aliphatic heterocycles. The molecule has 2 aromatic carbocycles. The third-order valence-electron chi connectivity index (χ3n) is 4.12.